The summed E-state index contributed by atoms with van der Waals surface area (Å²) in [5, 5.41) is 8.65. The first-order chi connectivity index (χ1) is 12.8. The van der Waals surface area contributed by atoms with Crippen molar-refractivity contribution < 1.29 is 0 Å². The van der Waals surface area contributed by atoms with E-state index in [-0.39, 0.29) is 0 Å². The molecule has 1 aromatic heterocycles. The fourth-order valence-electron chi connectivity index (χ4n) is 3.34. The van der Waals surface area contributed by atoms with Gasteiger partial charge in [-0.15, -0.1) is 5.10 Å². The zero-order valence-corrected chi connectivity index (χ0v) is 15.3. The molecule has 0 N–H and O–H groups in total. The van der Waals surface area contributed by atoms with Crippen LogP contribution in [0.3, 0.4) is 0 Å². The zero-order chi connectivity index (χ0) is 17.8. The topological polar surface area (TPSA) is 37.2 Å². The molecule has 26 heavy (non-hydrogen) atoms. The Balaban J connectivity index is 1.36. The third-order valence-electron chi connectivity index (χ3n) is 4.97. The minimum absolute atomic E-state index is 0.755. The molecule has 0 saturated carbocycles. The summed E-state index contributed by atoms with van der Waals surface area (Å²) in [4.78, 5) is 4.81. The van der Waals surface area contributed by atoms with Crippen molar-refractivity contribution in [1.82, 2.24) is 24.8 Å². The SMILES string of the molecule is CN1CCN(Cc2cn(Cc3ccc(-c4ccccc4)cc3)nn2)CC1. The van der Waals surface area contributed by atoms with Crippen molar-refractivity contribution in [3.05, 3.63) is 72.1 Å². The van der Waals surface area contributed by atoms with Gasteiger partial charge in [-0.25, -0.2) is 4.68 Å². The summed E-state index contributed by atoms with van der Waals surface area (Å²) in [5.41, 5.74) is 4.77. The van der Waals surface area contributed by atoms with E-state index in [2.05, 4.69) is 81.9 Å². The Morgan fingerprint density at radius 1 is 0.808 bits per heavy atom. The molecule has 1 aliphatic heterocycles. The quantitative estimate of drug-likeness (QED) is 0.711. The molecule has 0 amide bonds. The summed E-state index contributed by atoms with van der Waals surface area (Å²) in [6.45, 7) is 6.10. The molecule has 2 aromatic carbocycles. The molecule has 4 rings (SSSR count). The number of rotatable bonds is 5. The summed E-state index contributed by atoms with van der Waals surface area (Å²) < 4.78 is 1.93. The van der Waals surface area contributed by atoms with Gasteiger partial charge in [0.1, 0.15) is 0 Å². The van der Waals surface area contributed by atoms with Gasteiger partial charge in [-0.2, -0.15) is 0 Å². The lowest BCUT2D eigenvalue weighted by Gasteiger charge is -2.31. The van der Waals surface area contributed by atoms with Gasteiger partial charge in [0.25, 0.3) is 0 Å². The number of likely N-dealkylation sites (N-methyl/N-ethyl adjacent to an activating group) is 1. The summed E-state index contributed by atoms with van der Waals surface area (Å²) in [7, 11) is 2.18. The minimum Gasteiger partial charge on any atom is -0.304 e. The highest BCUT2D eigenvalue weighted by molar-refractivity contribution is 5.63. The van der Waals surface area contributed by atoms with Crippen LogP contribution >= 0.6 is 0 Å². The van der Waals surface area contributed by atoms with Gasteiger partial charge in [-0.3, -0.25) is 4.90 Å². The molecule has 0 aliphatic carbocycles. The summed E-state index contributed by atoms with van der Waals surface area (Å²) in [6, 6.07) is 19.1. The molecule has 5 nitrogen and oxygen atoms in total. The van der Waals surface area contributed by atoms with Gasteiger partial charge in [0, 0.05) is 32.7 Å². The lowest BCUT2D eigenvalue weighted by atomic mass is 10.0. The largest absolute Gasteiger partial charge is 0.304 e. The van der Waals surface area contributed by atoms with E-state index in [4.69, 9.17) is 0 Å². The van der Waals surface area contributed by atoms with E-state index in [0.717, 1.165) is 45.0 Å². The number of piperazine rings is 1. The highest BCUT2D eigenvalue weighted by atomic mass is 15.4. The Hall–Kier alpha value is -2.50. The summed E-state index contributed by atoms with van der Waals surface area (Å²) in [5.74, 6) is 0. The first kappa shape index (κ1) is 16.9. The van der Waals surface area contributed by atoms with E-state index in [1.807, 2.05) is 10.7 Å². The Morgan fingerprint density at radius 3 is 2.23 bits per heavy atom. The number of hydrogen-bond donors (Lipinski definition) is 0. The summed E-state index contributed by atoms with van der Waals surface area (Å²) >= 11 is 0. The average Bonchev–Trinajstić information content (AvgIpc) is 3.12. The maximum absolute atomic E-state index is 4.35. The van der Waals surface area contributed by atoms with E-state index in [9.17, 15) is 0 Å². The van der Waals surface area contributed by atoms with Crippen molar-refractivity contribution in [3.63, 3.8) is 0 Å². The number of nitrogens with zero attached hydrogens (tertiary/aromatic N) is 5. The fraction of sp³-hybridized carbons (Fsp3) is 0.333. The Morgan fingerprint density at radius 2 is 1.50 bits per heavy atom. The van der Waals surface area contributed by atoms with Crippen molar-refractivity contribution in [3.8, 4) is 11.1 Å². The second-order valence-electron chi connectivity index (χ2n) is 7.05. The normalized spacial score (nSPS) is 16.0. The van der Waals surface area contributed by atoms with Crippen LogP contribution in [0.25, 0.3) is 11.1 Å². The monoisotopic (exact) mass is 347 g/mol. The number of benzene rings is 2. The third kappa shape index (κ3) is 4.18. The first-order valence-electron chi connectivity index (χ1n) is 9.20. The lowest BCUT2D eigenvalue weighted by molar-refractivity contribution is 0.147. The highest BCUT2D eigenvalue weighted by Crippen LogP contribution is 2.19. The molecule has 134 valence electrons. The lowest BCUT2D eigenvalue weighted by Crippen LogP contribution is -2.43. The summed E-state index contributed by atoms with van der Waals surface area (Å²) in [6.07, 6.45) is 2.07. The molecular weight excluding hydrogens is 322 g/mol. The van der Waals surface area contributed by atoms with Gasteiger partial charge in [0.15, 0.2) is 0 Å². The van der Waals surface area contributed by atoms with E-state index >= 15 is 0 Å². The predicted octanol–water partition coefficient (Wildman–Crippen LogP) is 2.74. The zero-order valence-electron chi connectivity index (χ0n) is 15.3. The third-order valence-corrected chi connectivity index (χ3v) is 4.97. The van der Waals surface area contributed by atoms with Crippen molar-refractivity contribution in [2.45, 2.75) is 13.1 Å². The maximum Gasteiger partial charge on any atom is 0.0967 e. The molecule has 2 heterocycles. The Bertz CT molecular complexity index is 817. The van der Waals surface area contributed by atoms with Crippen molar-refractivity contribution >= 4 is 0 Å². The maximum atomic E-state index is 4.35. The van der Waals surface area contributed by atoms with Crippen LogP contribution in [0.5, 0.6) is 0 Å². The first-order valence-corrected chi connectivity index (χ1v) is 9.20. The van der Waals surface area contributed by atoms with E-state index in [1.54, 1.807) is 0 Å². The van der Waals surface area contributed by atoms with Crippen LogP contribution in [0.1, 0.15) is 11.3 Å². The Kier molecular flexibility index (Phi) is 5.09. The Labute approximate surface area is 154 Å². The van der Waals surface area contributed by atoms with Crippen molar-refractivity contribution in [1.29, 1.82) is 0 Å². The van der Waals surface area contributed by atoms with Gasteiger partial charge in [0.05, 0.1) is 18.4 Å². The minimum atomic E-state index is 0.755. The van der Waals surface area contributed by atoms with Crippen molar-refractivity contribution in [2.75, 3.05) is 33.2 Å². The van der Waals surface area contributed by atoms with Crippen LogP contribution in [-0.2, 0) is 13.1 Å². The van der Waals surface area contributed by atoms with Crippen LogP contribution in [0.15, 0.2) is 60.8 Å². The van der Waals surface area contributed by atoms with Crippen LogP contribution in [0, 0.1) is 0 Å². The number of hydrogen-bond acceptors (Lipinski definition) is 4. The smallest absolute Gasteiger partial charge is 0.0967 e. The molecule has 1 aliphatic rings. The van der Waals surface area contributed by atoms with Crippen LogP contribution in [-0.4, -0.2) is 58.0 Å². The van der Waals surface area contributed by atoms with Crippen LogP contribution in [0.2, 0.25) is 0 Å². The molecule has 1 saturated heterocycles. The van der Waals surface area contributed by atoms with Crippen LogP contribution in [0.4, 0.5) is 0 Å². The highest BCUT2D eigenvalue weighted by Gasteiger charge is 2.15. The molecule has 3 aromatic rings. The fourth-order valence-corrected chi connectivity index (χ4v) is 3.34. The van der Waals surface area contributed by atoms with Gasteiger partial charge >= 0.3 is 0 Å². The predicted molar refractivity (Wildman–Crippen MR) is 104 cm³/mol. The molecule has 0 atom stereocenters. The van der Waals surface area contributed by atoms with Crippen LogP contribution < -0.4 is 0 Å². The van der Waals surface area contributed by atoms with Gasteiger partial charge < -0.3 is 4.90 Å². The second kappa shape index (κ2) is 7.81. The molecule has 0 unspecified atom stereocenters. The second-order valence-corrected chi connectivity index (χ2v) is 7.05. The molecule has 1 fully saturated rings. The van der Waals surface area contributed by atoms with Gasteiger partial charge in [-0.1, -0.05) is 59.8 Å². The van der Waals surface area contributed by atoms with Gasteiger partial charge in [0.2, 0.25) is 0 Å². The average molecular weight is 347 g/mol. The molecule has 0 spiro atoms. The molecular formula is C21H25N5. The van der Waals surface area contributed by atoms with E-state index in [1.165, 1.54) is 16.7 Å². The van der Waals surface area contributed by atoms with Crippen molar-refractivity contribution in [2.24, 2.45) is 0 Å². The standard InChI is InChI=1S/C21H25N5/c1-24-11-13-25(14-12-24)16-21-17-26(23-22-21)15-18-7-9-20(10-8-18)19-5-3-2-4-6-19/h2-10,17H,11-16H2,1H3. The van der Waals surface area contributed by atoms with E-state index < -0.39 is 0 Å². The molecule has 0 bridgehead atoms. The molecule has 5 heteroatoms. The molecule has 0 radical (unpaired) electrons. The van der Waals surface area contributed by atoms with E-state index in [0.29, 0.717) is 0 Å². The van der Waals surface area contributed by atoms with Gasteiger partial charge in [-0.05, 0) is 23.7 Å². The number of aromatic nitrogens is 3.